The smallest absolute Gasteiger partial charge is 0.230 e. The van der Waals surface area contributed by atoms with Crippen molar-refractivity contribution in [1.29, 1.82) is 5.26 Å². The molecule has 0 N–H and O–H groups in total. The first-order valence-electron chi connectivity index (χ1n) is 22.2. The van der Waals surface area contributed by atoms with Crippen LogP contribution in [0.1, 0.15) is 41.7 Å². The minimum Gasteiger partial charge on any atom is -0.365 e. The van der Waals surface area contributed by atoms with Crippen LogP contribution in [-0.4, -0.2) is 9.13 Å². The second-order valence-electron chi connectivity index (χ2n) is 17.2. The van der Waals surface area contributed by atoms with E-state index in [0.717, 1.165) is 123 Å². The third kappa shape index (κ3) is 5.47. The highest BCUT2D eigenvalue weighted by molar-refractivity contribution is 6.17. The highest BCUT2D eigenvalue weighted by Crippen LogP contribution is 2.60. The molecule has 9 aromatic carbocycles. The molecule has 65 heavy (non-hydrogen) atoms. The Kier molecular flexibility index (Phi) is 8.30. The molecule has 1 saturated heterocycles. The van der Waals surface area contributed by atoms with Crippen LogP contribution >= 0.6 is 0 Å². The van der Waals surface area contributed by atoms with Crippen molar-refractivity contribution in [2.75, 3.05) is 0 Å². The lowest BCUT2D eigenvalue weighted by Crippen LogP contribution is -2.13. The molecule has 5 nitrogen and oxygen atoms in total. The van der Waals surface area contributed by atoms with Crippen LogP contribution in [0.2, 0.25) is 0 Å². The molecule has 4 heterocycles. The van der Waals surface area contributed by atoms with Gasteiger partial charge in [0.05, 0.1) is 63.9 Å². The predicted molar refractivity (Wildman–Crippen MR) is 264 cm³/mol. The van der Waals surface area contributed by atoms with E-state index >= 15 is 0 Å². The van der Waals surface area contributed by atoms with Gasteiger partial charge in [-0.05, 0) is 70.5 Å². The van der Waals surface area contributed by atoms with Gasteiger partial charge < -0.3 is 13.9 Å². The molecule has 0 aliphatic carbocycles. The van der Waals surface area contributed by atoms with E-state index in [1.165, 1.54) is 0 Å². The Balaban J connectivity index is 1.19. The molecule has 2 aromatic heterocycles. The summed E-state index contributed by atoms with van der Waals surface area (Å²) in [4.78, 5) is 4.44. The van der Waals surface area contributed by atoms with Crippen LogP contribution in [0, 0.1) is 17.9 Å². The van der Waals surface area contributed by atoms with Gasteiger partial charge in [0.25, 0.3) is 0 Å². The van der Waals surface area contributed by atoms with Gasteiger partial charge in [-0.1, -0.05) is 170 Å². The Morgan fingerprint density at radius 1 is 0.462 bits per heavy atom. The molecule has 304 valence electrons. The van der Waals surface area contributed by atoms with Gasteiger partial charge in [0, 0.05) is 43.8 Å². The van der Waals surface area contributed by atoms with Crippen LogP contribution in [-0.2, 0) is 4.74 Å². The minimum absolute atomic E-state index is 0.247. The number of para-hydroxylation sites is 2. The number of benzene rings is 9. The third-order valence-electron chi connectivity index (χ3n) is 13.8. The fourth-order valence-electron chi connectivity index (χ4n) is 11.1. The number of hydrogen-bond acceptors (Lipinski definition) is 2. The Labute approximate surface area is 376 Å². The molecule has 0 radical (unpaired) electrons. The first-order valence-corrected chi connectivity index (χ1v) is 22.2. The van der Waals surface area contributed by atoms with Gasteiger partial charge in [0.1, 0.15) is 0 Å². The number of nitriles is 1. The molecule has 5 heteroatoms. The van der Waals surface area contributed by atoms with Crippen LogP contribution in [0.5, 0.6) is 0 Å². The summed E-state index contributed by atoms with van der Waals surface area (Å²) in [6, 6.07) is 71.0. The fraction of sp³-hybridized carbons (Fsp3) is 0.0667. The number of fused-ring (bicyclic) bond motifs is 11. The monoisotopic (exact) mass is 830 g/mol. The zero-order valence-corrected chi connectivity index (χ0v) is 35.2. The topological polar surface area (TPSA) is 47.2 Å². The van der Waals surface area contributed by atoms with E-state index in [1.54, 1.807) is 0 Å². The zero-order valence-electron chi connectivity index (χ0n) is 35.2. The molecule has 0 spiro atoms. The highest BCUT2D eigenvalue weighted by atomic mass is 16.5. The Morgan fingerprint density at radius 2 is 0.892 bits per heavy atom. The summed E-state index contributed by atoms with van der Waals surface area (Å²) in [7, 11) is 0. The normalized spacial score (nSPS) is 15.2. The van der Waals surface area contributed by atoms with Crippen molar-refractivity contribution in [3.05, 3.63) is 222 Å². The van der Waals surface area contributed by atoms with Crippen LogP contribution < -0.4 is 0 Å². The van der Waals surface area contributed by atoms with E-state index < -0.39 is 0 Å². The highest BCUT2D eigenvalue weighted by Gasteiger charge is 2.45. The average Bonchev–Trinajstić information content (AvgIpc) is 4.16. The second kappa shape index (κ2) is 14.5. The molecule has 1 fully saturated rings. The van der Waals surface area contributed by atoms with Gasteiger partial charge in [0.2, 0.25) is 5.69 Å². The van der Waals surface area contributed by atoms with Crippen molar-refractivity contribution in [1.82, 2.24) is 9.13 Å². The maximum atomic E-state index is 11.7. The first kappa shape index (κ1) is 37.1. The van der Waals surface area contributed by atoms with Crippen molar-refractivity contribution in [3.8, 4) is 62.0 Å². The van der Waals surface area contributed by atoms with Crippen molar-refractivity contribution in [3.63, 3.8) is 0 Å². The maximum Gasteiger partial charge on any atom is 0.230 e. The van der Waals surface area contributed by atoms with E-state index in [0.29, 0.717) is 11.3 Å². The van der Waals surface area contributed by atoms with Gasteiger partial charge in [-0.3, -0.25) is 0 Å². The largest absolute Gasteiger partial charge is 0.365 e. The Bertz CT molecular complexity index is 3560. The van der Waals surface area contributed by atoms with Gasteiger partial charge in [-0.2, -0.15) is 5.26 Å². The van der Waals surface area contributed by atoms with E-state index in [9.17, 15) is 5.26 Å². The Hall–Kier alpha value is -8.48. The summed E-state index contributed by atoms with van der Waals surface area (Å²) in [6.07, 6.45) is 1.16. The zero-order chi connectivity index (χ0) is 43.2. The summed E-state index contributed by atoms with van der Waals surface area (Å²) in [5, 5.41) is 16.1. The quantitative estimate of drug-likeness (QED) is 0.157. The molecule has 2 atom stereocenters. The molecule has 11 aromatic rings. The van der Waals surface area contributed by atoms with E-state index in [4.69, 9.17) is 11.3 Å². The summed E-state index contributed by atoms with van der Waals surface area (Å²) < 4.78 is 11.6. The van der Waals surface area contributed by atoms with E-state index in [2.05, 4.69) is 190 Å². The van der Waals surface area contributed by atoms with Crippen molar-refractivity contribution < 1.29 is 4.74 Å². The standard InChI is InChI=1S/C60H38N4O/c1-62-56-49(36-61)59(63-50-30-28-41(37-16-6-2-7-17-37)34-47(50)45-26-14-24-43(57(45)63)39-20-10-4-11-21-39)54-52-32-33-53(65-52)55(54)60(56)64-51-31-29-42(38-18-8-3-9-19-38)35-48(51)46-27-15-25-44(58(46)64)40-22-12-5-13-23-40/h2-31,34-35,52-53H,32-33H2. The van der Waals surface area contributed by atoms with Crippen molar-refractivity contribution >= 4 is 49.3 Å². The number of ether oxygens (including phenoxy) is 1. The van der Waals surface area contributed by atoms with Gasteiger partial charge >= 0.3 is 0 Å². The molecule has 2 unspecified atom stereocenters. The van der Waals surface area contributed by atoms with E-state index in [-0.39, 0.29) is 12.2 Å². The molecular weight excluding hydrogens is 793 g/mol. The Morgan fingerprint density at radius 3 is 1.34 bits per heavy atom. The van der Waals surface area contributed by atoms with Crippen molar-refractivity contribution in [2.24, 2.45) is 0 Å². The number of hydrogen-bond donors (Lipinski definition) is 0. The van der Waals surface area contributed by atoms with Gasteiger partial charge in [0.15, 0.2) is 0 Å². The van der Waals surface area contributed by atoms with Crippen LogP contribution in [0.3, 0.4) is 0 Å². The minimum atomic E-state index is -0.248. The SMILES string of the molecule is [C-]#[N+]c1c(C#N)c(-n2c3ccc(-c4ccccc4)cc3c3cccc(-c4ccccc4)c32)c2c(c1-n1c3ccc(-c4ccccc4)cc3c3cccc(-c4ccccc4)c31)C1CCC2O1. The van der Waals surface area contributed by atoms with E-state index in [1.807, 2.05) is 24.3 Å². The average molecular weight is 831 g/mol. The fourth-order valence-corrected chi connectivity index (χ4v) is 11.1. The molecule has 2 aliphatic heterocycles. The predicted octanol–water partition coefficient (Wildman–Crippen LogP) is 15.9. The number of aromatic nitrogens is 2. The third-order valence-corrected chi connectivity index (χ3v) is 13.8. The number of rotatable bonds is 6. The van der Waals surface area contributed by atoms with Crippen LogP contribution in [0.15, 0.2) is 194 Å². The lowest BCUT2D eigenvalue weighted by molar-refractivity contribution is 0.0717. The second-order valence-corrected chi connectivity index (χ2v) is 17.2. The first-order chi connectivity index (χ1) is 32.2. The van der Waals surface area contributed by atoms with Crippen molar-refractivity contribution in [2.45, 2.75) is 25.0 Å². The lowest BCUT2D eigenvalue weighted by Gasteiger charge is -2.26. The maximum absolute atomic E-state index is 11.7. The van der Waals surface area contributed by atoms with Gasteiger partial charge in [-0.15, -0.1) is 0 Å². The summed E-state index contributed by atoms with van der Waals surface area (Å²) in [6.45, 7) is 9.17. The summed E-state index contributed by atoms with van der Waals surface area (Å²) >= 11 is 0. The van der Waals surface area contributed by atoms with Crippen LogP contribution in [0.25, 0.3) is 104 Å². The molecule has 0 saturated carbocycles. The number of nitrogens with zero attached hydrogens (tertiary/aromatic N) is 4. The molecule has 0 amide bonds. The summed E-state index contributed by atoms with van der Waals surface area (Å²) in [5.74, 6) is 0. The molecular formula is C60H38N4O. The molecule has 13 rings (SSSR count). The van der Waals surface area contributed by atoms with Gasteiger partial charge in [-0.25, -0.2) is 4.85 Å². The molecule has 2 aliphatic rings. The van der Waals surface area contributed by atoms with Crippen LogP contribution in [0.4, 0.5) is 5.69 Å². The lowest BCUT2D eigenvalue weighted by atomic mass is 9.85. The summed E-state index contributed by atoms with van der Waals surface area (Å²) in [5.41, 5.74) is 16.9. The molecule has 2 bridgehead atoms.